The molecule has 0 fully saturated rings. The molecule has 4 rings (SSSR count). The van der Waals surface area contributed by atoms with Crippen LogP contribution in [0.3, 0.4) is 0 Å². The lowest BCUT2D eigenvalue weighted by molar-refractivity contribution is -0.118. The molecule has 0 spiro atoms. The lowest BCUT2D eigenvalue weighted by atomic mass is 10.1. The van der Waals surface area contributed by atoms with E-state index in [1.54, 1.807) is 12.1 Å². The quantitative estimate of drug-likeness (QED) is 0.592. The highest BCUT2D eigenvalue weighted by molar-refractivity contribution is 7.99. The molecule has 0 unspecified atom stereocenters. The van der Waals surface area contributed by atoms with Gasteiger partial charge in [0.15, 0.2) is 0 Å². The van der Waals surface area contributed by atoms with Gasteiger partial charge in [-0.1, -0.05) is 42.5 Å². The summed E-state index contributed by atoms with van der Waals surface area (Å²) < 4.78 is 12.9. The van der Waals surface area contributed by atoms with Gasteiger partial charge >= 0.3 is 0 Å². The predicted octanol–water partition coefficient (Wildman–Crippen LogP) is 4.58. The summed E-state index contributed by atoms with van der Waals surface area (Å²) in [6.45, 7) is 1.12. The van der Waals surface area contributed by atoms with Crippen LogP contribution in [0.2, 0.25) is 0 Å². The molecule has 0 aliphatic carbocycles. The van der Waals surface area contributed by atoms with E-state index < -0.39 is 0 Å². The van der Waals surface area contributed by atoms with Gasteiger partial charge < -0.3 is 10.2 Å². The zero-order valence-corrected chi connectivity index (χ0v) is 17.8. The number of carbonyl (C=O) groups is 2. The number of thioether (sulfide) groups is 1. The van der Waals surface area contributed by atoms with Crippen LogP contribution in [0, 0.1) is 5.82 Å². The maximum atomic E-state index is 12.9. The molecule has 0 atom stereocenters. The third-order valence-electron chi connectivity index (χ3n) is 5.21. The van der Waals surface area contributed by atoms with Gasteiger partial charge in [0, 0.05) is 30.1 Å². The van der Waals surface area contributed by atoms with Crippen molar-refractivity contribution in [2.45, 2.75) is 18.7 Å². The molecule has 0 saturated carbocycles. The van der Waals surface area contributed by atoms with Gasteiger partial charge in [0.1, 0.15) is 5.82 Å². The largest absolute Gasteiger partial charge is 0.351 e. The minimum Gasteiger partial charge on any atom is -0.351 e. The molecule has 0 radical (unpaired) electrons. The van der Waals surface area contributed by atoms with Crippen LogP contribution in [-0.4, -0.2) is 24.1 Å². The van der Waals surface area contributed by atoms with Crippen molar-refractivity contribution in [3.05, 3.63) is 101 Å². The van der Waals surface area contributed by atoms with Crippen molar-refractivity contribution in [2.75, 3.05) is 17.2 Å². The molecule has 31 heavy (non-hydrogen) atoms. The molecule has 1 aliphatic rings. The van der Waals surface area contributed by atoms with Crippen LogP contribution in [0.4, 0.5) is 10.1 Å². The van der Waals surface area contributed by atoms with Crippen LogP contribution < -0.4 is 10.2 Å². The molecule has 2 amide bonds. The fraction of sp³-hybridized carbons (Fsp3) is 0.200. The molecule has 1 N–H and O–H groups in total. The Labute approximate surface area is 185 Å². The smallest absolute Gasteiger partial charge is 0.258 e. The zero-order valence-electron chi connectivity index (χ0n) is 17.0. The van der Waals surface area contributed by atoms with Gasteiger partial charge in [-0.15, -0.1) is 11.8 Å². The van der Waals surface area contributed by atoms with E-state index in [0.29, 0.717) is 30.2 Å². The fourth-order valence-electron chi connectivity index (χ4n) is 3.61. The molecular formula is C25H23FN2O2S. The SMILES string of the molecule is O=C(CSCc1ccc(F)cc1)NCc1ccc2c(c1)CCN2C(=O)c1ccccc1. The highest BCUT2D eigenvalue weighted by Crippen LogP contribution is 2.30. The van der Waals surface area contributed by atoms with Crippen molar-refractivity contribution in [3.63, 3.8) is 0 Å². The highest BCUT2D eigenvalue weighted by atomic mass is 32.2. The molecule has 0 bridgehead atoms. The monoisotopic (exact) mass is 434 g/mol. The first-order chi connectivity index (χ1) is 15.1. The Morgan fingerprint density at radius 3 is 2.48 bits per heavy atom. The number of nitrogens with one attached hydrogen (secondary N) is 1. The number of hydrogen-bond donors (Lipinski definition) is 1. The van der Waals surface area contributed by atoms with Gasteiger partial charge in [-0.3, -0.25) is 9.59 Å². The molecule has 1 aliphatic heterocycles. The first kappa shape index (κ1) is 21.1. The van der Waals surface area contributed by atoms with Crippen LogP contribution in [0.1, 0.15) is 27.0 Å². The maximum Gasteiger partial charge on any atom is 0.258 e. The van der Waals surface area contributed by atoms with E-state index in [-0.39, 0.29) is 17.6 Å². The predicted molar refractivity (Wildman–Crippen MR) is 123 cm³/mol. The number of rotatable bonds is 7. The third-order valence-corrected chi connectivity index (χ3v) is 6.21. The van der Waals surface area contributed by atoms with E-state index in [0.717, 1.165) is 28.8 Å². The summed E-state index contributed by atoms with van der Waals surface area (Å²) in [5.74, 6) is 0.736. The molecule has 1 heterocycles. The number of amides is 2. The Kier molecular flexibility index (Phi) is 6.67. The lowest BCUT2D eigenvalue weighted by Crippen LogP contribution is -2.28. The number of fused-ring (bicyclic) bond motifs is 1. The van der Waals surface area contributed by atoms with Crippen LogP contribution in [0.25, 0.3) is 0 Å². The number of nitrogens with zero attached hydrogens (tertiary/aromatic N) is 1. The van der Waals surface area contributed by atoms with Gasteiger partial charge in [-0.25, -0.2) is 4.39 Å². The van der Waals surface area contributed by atoms with Gasteiger partial charge in [-0.05, 0) is 53.4 Å². The van der Waals surface area contributed by atoms with Crippen LogP contribution in [0.15, 0.2) is 72.8 Å². The normalized spacial score (nSPS) is 12.5. The van der Waals surface area contributed by atoms with Crippen molar-refractivity contribution in [1.29, 1.82) is 0 Å². The zero-order chi connectivity index (χ0) is 21.6. The molecule has 6 heteroatoms. The number of benzene rings is 3. The van der Waals surface area contributed by atoms with E-state index in [2.05, 4.69) is 11.4 Å². The van der Waals surface area contributed by atoms with E-state index in [9.17, 15) is 14.0 Å². The fourth-order valence-corrected chi connectivity index (χ4v) is 4.42. The molecular weight excluding hydrogens is 411 g/mol. The van der Waals surface area contributed by atoms with E-state index in [1.807, 2.05) is 47.4 Å². The molecule has 0 aromatic heterocycles. The van der Waals surface area contributed by atoms with Crippen molar-refractivity contribution >= 4 is 29.3 Å². The molecule has 158 valence electrons. The highest BCUT2D eigenvalue weighted by Gasteiger charge is 2.25. The first-order valence-electron chi connectivity index (χ1n) is 10.2. The maximum absolute atomic E-state index is 12.9. The first-order valence-corrected chi connectivity index (χ1v) is 11.3. The van der Waals surface area contributed by atoms with Crippen LogP contribution in [-0.2, 0) is 23.5 Å². The summed E-state index contributed by atoms with van der Waals surface area (Å²) in [6.07, 6.45) is 0.809. The van der Waals surface area contributed by atoms with Gasteiger partial charge in [-0.2, -0.15) is 0 Å². The molecule has 3 aromatic rings. The molecule has 3 aromatic carbocycles. The molecule has 4 nitrogen and oxygen atoms in total. The summed E-state index contributed by atoms with van der Waals surface area (Å²) in [4.78, 5) is 26.7. The van der Waals surface area contributed by atoms with E-state index in [4.69, 9.17) is 0 Å². The van der Waals surface area contributed by atoms with E-state index >= 15 is 0 Å². The minimum atomic E-state index is -0.256. The van der Waals surface area contributed by atoms with Crippen molar-refractivity contribution in [1.82, 2.24) is 5.32 Å². The standard InChI is InChI=1S/C25H23FN2O2S/c26-22-9-6-18(7-10-22)16-31-17-24(29)27-15-19-8-11-23-21(14-19)12-13-28(23)25(30)20-4-2-1-3-5-20/h1-11,14H,12-13,15-17H2,(H,27,29). The van der Waals surface area contributed by atoms with Crippen LogP contribution in [0.5, 0.6) is 0 Å². The second-order valence-corrected chi connectivity index (χ2v) is 8.42. The second kappa shape index (κ2) is 9.79. The lowest BCUT2D eigenvalue weighted by Gasteiger charge is -2.17. The summed E-state index contributed by atoms with van der Waals surface area (Å²) >= 11 is 1.50. The third kappa shape index (κ3) is 5.33. The van der Waals surface area contributed by atoms with Gasteiger partial charge in [0.2, 0.25) is 5.91 Å². The van der Waals surface area contributed by atoms with Crippen LogP contribution >= 0.6 is 11.8 Å². The summed E-state index contributed by atoms with van der Waals surface area (Å²) in [6, 6.07) is 21.6. The topological polar surface area (TPSA) is 49.4 Å². The second-order valence-electron chi connectivity index (χ2n) is 7.43. The average molecular weight is 435 g/mol. The minimum absolute atomic E-state index is 0.0126. The van der Waals surface area contributed by atoms with E-state index in [1.165, 1.54) is 23.9 Å². The summed E-state index contributed by atoms with van der Waals surface area (Å²) in [7, 11) is 0. The number of halogens is 1. The molecule has 0 saturated heterocycles. The number of anilines is 1. The Hall–Kier alpha value is -3.12. The Bertz CT molecular complexity index is 1070. The Morgan fingerprint density at radius 1 is 0.968 bits per heavy atom. The summed E-state index contributed by atoms with van der Waals surface area (Å²) in [5, 5.41) is 2.95. The number of hydrogen-bond acceptors (Lipinski definition) is 3. The Morgan fingerprint density at radius 2 is 1.71 bits per heavy atom. The van der Waals surface area contributed by atoms with Crippen molar-refractivity contribution in [3.8, 4) is 0 Å². The van der Waals surface area contributed by atoms with Gasteiger partial charge in [0.05, 0.1) is 5.75 Å². The van der Waals surface area contributed by atoms with Crippen molar-refractivity contribution < 1.29 is 14.0 Å². The van der Waals surface area contributed by atoms with Crippen molar-refractivity contribution in [2.24, 2.45) is 0 Å². The van der Waals surface area contributed by atoms with Gasteiger partial charge in [0.25, 0.3) is 5.91 Å². The summed E-state index contributed by atoms with van der Waals surface area (Å²) in [5.41, 5.74) is 4.77. The number of carbonyl (C=O) groups excluding carboxylic acids is 2. The Balaban J connectivity index is 1.28. The average Bonchev–Trinajstić information content (AvgIpc) is 3.22.